The van der Waals surface area contributed by atoms with Gasteiger partial charge in [-0.25, -0.2) is 0 Å². The van der Waals surface area contributed by atoms with Gasteiger partial charge in [0.15, 0.2) is 0 Å². The first kappa shape index (κ1) is 14.3. The third-order valence-corrected chi connectivity index (χ3v) is 2.90. The van der Waals surface area contributed by atoms with Crippen molar-refractivity contribution in [3.63, 3.8) is 0 Å². The van der Waals surface area contributed by atoms with Crippen LogP contribution in [0, 0.1) is 0 Å². The summed E-state index contributed by atoms with van der Waals surface area (Å²) in [5, 5.41) is 0. The molecule has 0 fully saturated rings. The predicted molar refractivity (Wildman–Crippen MR) is 67.6 cm³/mol. The quantitative estimate of drug-likeness (QED) is 0.548. The van der Waals surface area contributed by atoms with E-state index in [1.165, 1.54) is 11.1 Å². The largest absolute Gasteiger partial charge is 0.466 e. The average Bonchev–Trinajstić information content (AvgIpc) is 2.28. The van der Waals surface area contributed by atoms with E-state index in [0.29, 0.717) is 0 Å². The Morgan fingerprint density at radius 2 is 1.00 bits per heavy atom. The van der Waals surface area contributed by atoms with Gasteiger partial charge in [0.2, 0.25) is 0 Å². The first-order valence-electron chi connectivity index (χ1n) is 6.15. The molecule has 1 heteroatoms. The fourth-order valence-corrected chi connectivity index (χ4v) is 1.47. The van der Waals surface area contributed by atoms with Crippen molar-refractivity contribution < 1.29 is 4.74 Å². The Morgan fingerprint density at radius 3 is 1.20 bits per heavy atom. The predicted octanol–water partition coefficient (Wildman–Crippen LogP) is 5.19. The molecule has 0 aromatic rings. The summed E-state index contributed by atoms with van der Waals surface area (Å²) in [6.45, 7) is 13.0. The van der Waals surface area contributed by atoms with E-state index in [2.05, 4.69) is 41.5 Å². The number of hydrogen-bond donors (Lipinski definition) is 0. The summed E-state index contributed by atoms with van der Waals surface area (Å²) < 4.78 is 6.01. The van der Waals surface area contributed by atoms with Crippen LogP contribution in [0.3, 0.4) is 0 Å². The Labute approximate surface area is 95.2 Å². The second-order valence-electron chi connectivity index (χ2n) is 3.92. The van der Waals surface area contributed by atoms with Crippen molar-refractivity contribution in [3.8, 4) is 0 Å². The highest BCUT2D eigenvalue weighted by Crippen LogP contribution is 2.21. The second kappa shape index (κ2) is 7.56. The molecule has 0 bridgehead atoms. The molecule has 0 aromatic heterocycles. The van der Waals surface area contributed by atoms with Gasteiger partial charge in [0, 0.05) is 12.8 Å². The van der Waals surface area contributed by atoms with Crippen LogP contribution in [-0.4, -0.2) is 0 Å². The molecule has 0 amide bonds. The third kappa shape index (κ3) is 4.55. The van der Waals surface area contributed by atoms with Crippen LogP contribution in [0.4, 0.5) is 0 Å². The molecule has 88 valence electrons. The molecule has 15 heavy (non-hydrogen) atoms. The van der Waals surface area contributed by atoms with Gasteiger partial charge >= 0.3 is 0 Å². The van der Waals surface area contributed by atoms with Gasteiger partial charge < -0.3 is 4.74 Å². The Balaban J connectivity index is 4.82. The van der Waals surface area contributed by atoms with Gasteiger partial charge in [-0.2, -0.15) is 0 Å². The summed E-state index contributed by atoms with van der Waals surface area (Å²) in [6, 6.07) is 0. The van der Waals surface area contributed by atoms with Crippen molar-refractivity contribution in [1.82, 2.24) is 0 Å². The Hall–Kier alpha value is -0.720. The summed E-state index contributed by atoms with van der Waals surface area (Å²) in [6.07, 6.45) is 4.12. The van der Waals surface area contributed by atoms with Crippen LogP contribution in [0.15, 0.2) is 22.7 Å². The van der Waals surface area contributed by atoms with E-state index in [9.17, 15) is 0 Å². The van der Waals surface area contributed by atoms with Crippen LogP contribution in [-0.2, 0) is 4.74 Å². The zero-order valence-corrected chi connectivity index (χ0v) is 11.2. The molecule has 0 atom stereocenters. The lowest BCUT2D eigenvalue weighted by Gasteiger charge is -2.15. The normalized spacial score (nSPS) is 14.5. The van der Waals surface area contributed by atoms with E-state index in [0.717, 1.165) is 37.2 Å². The van der Waals surface area contributed by atoms with Crippen LogP contribution < -0.4 is 0 Å². The second-order valence-corrected chi connectivity index (χ2v) is 3.92. The molecule has 0 aliphatic rings. The summed E-state index contributed by atoms with van der Waals surface area (Å²) in [7, 11) is 0. The molecule has 0 spiro atoms. The molecular weight excluding hydrogens is 184 g/mol. The summed E-state index contributed by atoms with van der Waals surface area (Å²) in [5.74, 6) is 2.31. The zero-order chi connectivity index (χ0) is 11.8. The van der Waals surface area contributed by atoms with E-state index in [1.807, 2.05) is 0 Å². The lowest BCUT2D eigenvalue weighted by Crippen LogP contribution is -1.97. The highest BCUT2D eigenvalue weighted by atomic mass is 16.5. The topological polar surface area (TPSA) is 9.23 Å². The van der Waals surface area contributed by atoms with Crippen molar-refractivity contribution in [2.75, 3.05) is 0 Å². The van der Waals surface area contributed by atoms with E-state index in [4.69, 9.17) is 4.74 Å². The fourth-order valence-electron chi connectivity index (χ4n) is 1.47. The van der Waals surface area contributed by atoms with Crippen LogP contribution in [0.5, 0.6) is 0 Å². The molecule has 0 heterocycles. The maximum absolute atomic E-state index is 6.01. The first-order valence-corrected chi connectivity index (χ1v) is 6.15. The van der Waals surface area contributed by atoms with Gasteiger partial charge in [-0.15, -0.1) is 0 Å². The summed E-state index contributed by atoms with van der Waals surface area (Å²) in [5.41, 5.74) is 2.74. The van der Waals surface area contributed by atoms with Gasteiger partial charge in [-0.05, 0) is 37.8 Å². The number of ether oxygens (including phenoxy) is 1. The molecule has 0 aliphatic heterocycles. The van der Waals surface area contributed by atoms with Crippen molar-refractivity contribution in [2.45, 2.75) is 67.2 Å². The fraction of sp³-hybridized carbons (Fsp3) is 0.714. The molecule has 0 aliphatic carbocycles. The number of rotatable bonds is 6. The molecule has 0 radical (unpaired) electrons. The molecular formula is C14H26O. The van der Waals surface area contributed by atoms with Crippen molar-refractivity contribution in [3.05, 3.63) is 22.7 Å². The minimum Gasteiger partial charge on any atom is -0.466 e. The van der Waals surface area contributed by atoms with Crippen LogP contribution >= 0.6 is 0 Å². The number of allylic oxidation sites excluding steroid dienone is 4. The Morgan fingerprint density at radius 1 is 0.667 bits per heavy atom. The highest BCUT2D eigenvalue weighted by molar-refractivity contribution is 5.12. The first-order chi connectivity index (χ1) is 7.10. The Kier molecular flexibility index (Phi) is 7.19. The maximum Gasteiger partial charge on any atom is 0.102 e. The molecule has 0 saturated carbocycles. The zero-order valence-electron chi connectivity index (χ0n) is 11.2. The molecule has 0 saturated heterocycles. The standard InChI is InChI=1S/C14H26O/c1-7-11(5)13(9-3)15-14(10-4)12(6)8-2/h7-10H2,1-6H3/b13-11+,14-12+. The SMILES string of the molecule is CC/C(C)=C(\CC)O/C(CC)=C(\C)CC. The van der Waals surface area contributed by atoms with Gasteiger partial charge in [0.1, 0.15) is 11.5 Å². The number of hydrogen-bond acceptors (Lipinski definition) is 1. The highest BCUT2D eigenvalue weighted by Gasteiger charge is 2.06. The maximum atomic E-state index is 6.01. The molecule has 0 N–H and O–H groups in total. The smallest absolute Gasteiger partial charge is 0.102 e. The van der Waals surface area contributed by atoms with E-state index in [-0.39, 0.29) is 0 Å². The lowest BCUT2D eigenvalue weighted by atomic mass is 10.1. The Bertz CT molecular complexity index is 220. The van der Waals surface area contributed by atoms with E-state index >= 15 is 0 Å². The van der Waals surface area contributed by atoms with Crippen molar-refractivity contribution >= 4 is 0 Å². The summed E-state index contributed by atoms with van der Waals surface area (Å²) >= 11 is 0. The van der Waals surface area contributed by atoms with Crippen LogP contribution in [0.2, 0.25) is 0 Å². The molecule has 0 aromatic carbocycles. The van der Waals surface area contributed by atoms with Gasteiger partial charge in [0.25, 0.3) is 0 Å². The van der Waals surface area contributed by atoms with Crippen LogP contribution in [0.25, 0.3) is 0 Å². The molecule has 0 rings (SSSR count). The van der Waals surface area contributed by atoms with Crippen molar-refractivity contribution in [1.29, 1.82) is 0 Å². The average molecular weight is 210 g/mol. The van der Waals surface area contributed by atoms with E-state index < -0.39 is 0 Å². The molecule has 0 unspecified atom stereocenters. The van der Waals surface area contributed by atoms with Gasteiger partial charge in [0.05, 0.1) is 0 Å². The van der Waals surface area contributed by atoms with E-state index in [1.54, 1.807) is 0 Å². The monoisotopic (exact) mass is 210 g/mol. The van der Waals surface area contributed by atoms with Crippen molar-refractivity contribution in [2.24, 2.45) is 0 Å². The minimum atomic E-state index is 0.986. The lowest BCUT2D eigenvalue weighted by molar-refractivity contribution is 0.272. The van der Waals surface area contributed by atoms with Crippen LogP contribution in [0.1, 0.15) is 67.2 Å². The minimum absolute atomic E-state index is 0.986. The van der Waals surface area contributed by atoms with Gasteiger partial charge in [-0.1, -0.05) is 27.7 Å². The molecule has 1 nitrogen and oxygen atoms in total. The summed E-state index contributed by atoms with van der Waals surface area (Å²) in [4.78, 5) is 0. The third-order valence-electron chi connectivity index (χ3n) is 2.90. The van der Waals surface area contributed by atoms with Gasteiger partial charge in [-0.3, -0.25) is 0 Å².